The summed E-state index contributed by atoms with van der Waals surface area (Å²) in [5.41, 5.74) is -1.63. The monoisotopic (exact) mass is 613 g/mol. The van der Waals surface area contributed by atoms with E-state index in [1.165, 1.54) is 12.1 Å². The summed E-state index contributed by atoms with van der Waals surface area (Å²) in [6, 6.07) is 6.91. The van der Waals surface area contributed by atoms with E-state index in [4.69, 9.17) is 4.74 Å². The zero-order chi connectivity index (χ0) is 30.7. The predicted octanol–water partition coefficient (Wildman–Crippen LogP) is 6.71. The minimum absolute atomic E-state index is 0.00633. The molecular weight excluding hydrogens is 585 g/mol. The van der Waals surface area contributed by atoms with Crippen molar-refractivity contribution in [1.29, 1.82) is 0 Å². The Labute approximate surface area is 235 Å². The van der Waals surface area contributed by atoms with Gasteiger partial charge >= 0.3 is 18.7 Å². The number of rotatable bonds is 7. The van der Waals surface area contributed by atoms with Crippen molar-refractivity contribution in [3.8, 4) is 5.75 Å². The Morgan fingerprint density at radius 2 is 1.43 bits per heavy atom. The van der Waals surface area contributed by atoms with Gasteiger partial charge < -0.3 is 24.6 Å². The van der Waals surface area contributed by atoms with E-state index in [-0.39, 0.29) is 30.3 Å². The van der Waals surface area contributed by atoms with Gasteiger partial charge in [0.25, 0.3) is 0 Å². The molecule has 2 aromatic carbocycles. The lowest BCUT2D eigenvalue weighted by atomic mass is 9.92. The number of carbonyl (C=O) groups excluding carboxylic acids is 1. The lowest BCUT2D eigenvalue weighted by Gasteiger charge is -2.36. The molecule has 0 unspecified atom stereocenters. The highest BCUT2D eigenvalue weighted by atomic mass is 19.4. The van der Waals surface area contributed by atoms with Gasteiger partial charge in [-0.2, -0.15) is 26.3 Å². The molecule has 4 rings (SSSR count). The van der Waals surface area contributed by atoms with Crippen molar-refractivity contribution in [1.82, 2.24) is 4.90 Å². The largest absolute Gasteiger partial charge is 0.573 e. The van der Waals surface area contributed by atoms with Crippen molar-refractivity contribution in [3.05, 3.63) is 53.6 Å². The van der Waals surface area contributed by atoms with Crippen LogP contribution in [0.2, 0.25) is 0 Å². The fourth-order valence-electron chi connectivity index (χ4n) is 5.02. The first-order chi connectivity index (χ1) is 19.6. The molecule has 1 amide bonds. The zero-order valence-corrected chi connectivity index (χ0v) is 22.1. The van der Waals surface area contributed by atoms with Crippen LogP contribution in [0.15, 0.2) is 42.5 Å². The molecule has 0 bridgehead atoms. The first-order valence-electron chi connectivity index (χ1n) is 13.1. The van der Waals surface area contributed by atoms with Crippen LogP contribution in [0.3, 0.4) is 0 Å². The van der Waals surface area contributed by atoms with Gasteiger partial charge in [0.15, 0.2) is 0 Å². The maximum atomic E-state index is 13.3. The van der Waals surface area contributed by atoms with Crippen molar-refractivity contribution >= 4 is 17.3 Å². The van der Waals surface area contributed by atoms with E-state index >= 15 is 0 Å². The van der Waals surface area contributed by atoms with Gasteiger partial charge in [0, 0.05) is 43.6 Å². The SMILES string of the molecule is O=C(COC1CCC(Nc2ccc(OC(F)(F)F)c(C(F)(F)F)c2)CC1)N1CCN(c2ccc(C(F)(F)F)cc2)CC1. The van der Waals surface area contributed by atoms with Crippen LogP contribution in [-0.2, 0) is 21.9 Å². The van der Waals surface area contributed by atoms with Crippen LogP contribution in [0, 0.1) is 0 Å². The second-order valence-corrected chi connectivity index (χ2v) is 10.1. The number of nitrogens with zero attached hydrogens (tertiary/aromatic N) is 2. The van der Waals surface area contributed by atoms with E-state index < -0.39 is 35.6 Å². The molecule has 15 heteroatoms. The summed E-state index contributed by atoms with van der Waals surface area (Å²) in [4.78, 5) is 16.2. The average Bonchev–Trinajstić information content (AvgIpc) is 2.91. The van der Waals surface area contributed by atoms with Gasteiger partial charge in [-0.25, -0.2) is 0 Å². The molecule has 1 saturated carbocycles. The number of piperazine rings is 1. The predicted molar refractivity (Wildman–Crippen MR) is 134 cm³/mol. The van der Waals surface area contributed by atoms with Crippen LogP contribution >= 0.6 is 0 Å². The lowest BCUT2D eigenvalue weighted by Crippen LogP contribution is -2.50. The minimum Gasteiger partial charge on any atom is -0.405 e. The number of halogens is 9. The van der Waals surface area contributed by atoms with Gasteiger partial charge in [0.2, 0.25) is 5.91 Å². The van der Waals surface area contributed by atoms with Crippen molar-refractivity contribution in [2.24, 2.45) is 0 Å². The Bertz CT molecular complexity index is 1200. The summed E-state index contributed by atoms with van der Waals surface area (Å²) < 4.78 is 125. The maximum absolute atomic E-state index is 13.3. The summed E-state index contributed by atoms with van der Waals surface area (Å²) in [7, 11) is 0. The van der Waals surface area contributed by atoms with E-state index in [9.17, 15) is 44.3 Å². The molecule has 0 spiro atoms. The van der Waals surface area contributed by atoms with Crippen LogP contribution in [0.25, 0.3) is 0 Å². The number of hydrogen-bond acceptors (Lipinski definition) is 5. The summed E-state index contributed by atoms with van der Waals surface area (Å²) in [6.07, 6.45) is -12.9. The third-order valence-corrected chi connectivity index (χ3v) is 7.19. The van der Waals surface area contributed by atoms with Gasteiger partial charge in [-0.1, -0.05) is 0 Å². The molecule has 0 atom stereocenters. The van der Waals surface area contributed by atoms with E-state index in [0.717, 1.165) is 18.2 Å². The van der Waals surface area contributed by atoms with Gasteiger partial charge in [-0.3, -0.25) is 4.79 Å². The van der Waals surface area contributed by atoms with E-state index in [0.29, 0.717) is 69.7 Å². The van der Waals surface area contributed by atoms with Crippen molar-refractivity contribution in [2.75, 3.05) is 43.0 Å². The van der Waals surface area contributed by atoms with Crippen molar-refractivity contribution in [2.45, 2.75) is 56.5 Å². The molecule has 2 fully saturated rings. The summed E-state index contributed by atoms with van der Waals surface area (Å²) in [6.45, 7) is 1.51. The van der Waals surface area contributed by atoms with Crippen LogP contribution in [0.4, 0.5) is 50.9 Å². The number of anilines is 2. The first-order valence-corrected chi connectivity index (χ1v) is 13.1. The Morgan fingerprint density at radius 1 is 0.810 bits per heavy atom. The average molecular weight is 614 g/mol. The number of ether oxygens (including phenoxy) is 2. The molecule has 1 heterocycles. The third-order valence-electron chi connectivity index (χ3n) is 7.19. The lowest BCUT2D eigenvalue weighted by molar-refractivity contribution is -0.276. The fraction of sp³-hybridized carbons (Fsp3) is 0.519. The smallest absolute Gasteiger partial charge is 0.405 e. The van der Waals surface area contributed by atoms with Crippen LogP contribution in [0.1, 0.15) is 36.8 Å². The molecule has 1 N–H and O–H groups in total. The Kier molecular flexibility index (Phi) is 9.38. The highest BCUT2D eigenvalue weighted by molar-refractivity contribution is 5.77. The highest BCUT2D eigenvalue weighted by Gasteiger charge is 2.40. The summed E-state index contributed by atoms with van der Waals surface area (Å²) >= 11 is 0. The topological polar surface area (TPSA) is 54.0 Å². The van der Waals surface area contributed by atoms with Gasteiger partial charge in [0.05, 0.1) is 17.2 Å². The van der Waals surface area contributed by atoms with Gasteiger partial charge in [-0.15, -0.1) is 13.2 Å². The van der Waals surface area contributed by atoms with Gasteiger partial charge in [0.1, 0.15) is 12.4 Å². The normalized spacial score (nSPS) is 20.4. The second-order valence-electron chi connectivity index (χ2n) is 10.1. The highest BCUT2D eigenvalue weighted by Crippen LogP contribution is 2.40. The molecule has 42 heavy (non-hydrogen) atoms. The third kappa shape index (κ3) is 8.58. The first kappa shape index (κ1) is 31.6. The summed E-state index contributed by atoms with van der Waals surface area (Å²) in [5.74, 6) is -1.55. The number of alkyl halides is 9. The maximum Gasteiger partial charge on any atom is 0.573 e. The molecule has 0 aromatic heterocycles. The van der Waals surface area contributed by atoms with Crippen molar-refractivity contribution in [3.63, 3.8) is 0 Å². The summed E-state index contributed by atoms with van der Waals surface area (Å²) in [5, 5.41) is 2.92. The van der Waals surface area contributed by atoms with E-state index in [2.05, 4.69) is 10.1 Å². The fourth-order valence-corrected chi connectivity index (χ4v) is 5.02. The quantitative estimate of drug-likeness (QED) is 0.352. The number of hydrogen-bond donors (Lipinski definition) is 1. The van der Waals surface area contributed by atoms with Crippen LogP contribution in [-0.4, -0.2) is 62.1 Å². The number of benzene rings is 2. The number of nitrogens with one attached hydrogen (secondary N) is 1. The molecule has 1 aliphatic carbocycles. The molecule has 1 aliphatic heterocycles. The Morgan fingerprint density at radius 3 is 1.98 bits per heavy atom. The molecule has 6 nitrogen and oxygen atoms in total. The van der Waals surface area contributed by atoms with Crippen LogP contribution < -0.4 is 15.0 Å². The molecule has 1 saturated heterocycles. The standard InChI is InChI=1S/C27H28F9N3O3/c28-25(29,30)17-1-6-20(7-2-17)38-11-13-39(14-12-38)24(40)16-41-21-8-3-18(4-9-21)37-19-5-10-23(42-27(34,35)36)22(15-19)26(31,32)33/h1-2,5-7,10,15,18,21,37H,3-4,8-9,11-14,16H2. The van der Waals surface area contributed by atoms with Crippen LogP contribution in [0.5, 0.6) is 5.75 Å². The Balaban J connectivity index is 1.20. The molecule has 232 valence electrons. The van der Waals surface area contributed by atoms with E-state index in [1.807, 2.05) is 4.90 Å². The molecule has 0 radical (unpaired) electrons. The molecule has 2 aliphatic rings. The minimum atomic E-state index is -5.27. The molecule has 2 aromatic rings. The second kappa shape index (κ2) is 12.5. The van der Waals surface area contributed by atoms with E-state index in [1.54, 1.807) is 4.90 Å². The molecular formula is C27H28F9N3O3. The number of amides is 1. The number of carbonyl (C=O) groups is 1. The van der Waals surface area contributed by atoms with Gasteiger partial charge in [-0.05, 0) is 68.1 Å². The Hall–Kier alpha value is -3.36. The zero-order valence-electron chi connectivity index (χ0n) is 22.1. The van der Waals surface area contributed by atoms with Crippen molar-refractivity contribution < 1.29 is 53.8 Å².